The van der Waals surface area contributed by atoms with Crippen molar-refractivity contribution >= 4 is 29.2 Å². The van der Waals surface area contributed by atoms with Crippen molar-refractivity contribution in [1.29, 1.82) is 0 Å². The van der Waals surface area contributed by atoms with Gasteiger partial charge in [-0.15, -0.1) is 0 Å². The van der Waals surface area contributed by atoms with Crippen LogP contribution in [0, 0.1) is 5.92 Å². The lowest BCUT2D eigenvalue weighted by Crippen LogP contribution is -2.54. The number of likely N-dealkylation sites (tertiary alicyclic amines) is 1. The van der Waals surface area contributed by atoms with Crippen LogP contribution in [0.2, 0.25) is 5.02 Å². The van der Waals surface area contributed by atoms with Gasteiger partial charge in [-0.05, 0) is 12.0 Å². The zero-order valence-corrected chi connectivity index (χ0v) is 22.4. The number of amides is 2. The maximum Gasteiger partial charge on any atom is 0.416 e. The molecule has 11 nitrogen and oxygen atoms in total. The number of methoxy groups -OCH3 is 1. The quantitative estimate of drug-likeness (QED) is 0.515. The van der Waals surface area contributed by atoms with Crippen LogP contribution in [0.1, 0.15) is 33.9 Å². The monoisotopic (exact) mass is 581 g/mol. The van der Waals surface area contributed by atoms with E-state index < -0.39 is 23.8 Å². The molecule has 214 valence electrons. The summed E-state index contributed by atoms with van der Waals surface area (Å²) in [5, 5.41) is 4.66. The fourth-order valence-corrected chi connectivity index (χ4v) is 5.23. The third-order valence-corrected chi connectivity index (χ3v) is 7.76. The minimum atomic E-state index is -4.62. The van der Waals surface area contributed by atoms with Gasteiger partial charge in [0.05, 0.1) is 54.3 Å². The molecule has 0 aromatic carbocycles. The molecule has 1 saturated heterocycles. The second-order valence-electron chi connectivity index (χ2n) is 9.88. The van der Waals surface area contributed by atoms with Crippen LogP contribution in [0.4, 0.5) is 19.0 Å². The average molecular weight is 582 g/mol. The molecule has 5 heterocycles. The van der Waals surface area contributed by atoms with Gasteiger partial charge in [0.1, 0.15) is 5.82 Å². The smallest absolute Gasteiger partial charge is 0.416 e. The number of ether oxygens (including phenoxy) is 2. The van der Waals surface area contributed by atoms with E-state index in [9.17, 15) is 22.8 Å². The van der Waals surface area contributed by atoms with Gasteiger partial charge in [0.15, 0.2) is 5.69 Å². The third kappa shape index (κ3) is 5.01. The normalized spacial score (nSPS) is 19.3. The van der Waals surface area contributed by atoms with Crippen LogP contribution in [0.15, 0.2) is 24.3 Å². The molecular formula is C25H27ClF3N7O4. The molecule has 0 aliphatic carbocycles. The van der Waals surface area contributed by atoms with Crippen molar-refractivity contribution in [3.05, 3.63) is 52.0 Å². The molecule has 1 fully saturated rings. The van der Waals surface area contributed by atoms with Crippen molar-refractivity contribution in [2.75, 3.05) is 31.6 Å². The van der Waals surface area contributed by atoms with Crippen molar-refractivity contribution < 1.29 is 32.2 Å². The van der Waals surface area contributed by atoms with Gasteiger partial charge in [0.25, 0.3) is 5.91 Å². The molecule has 40 heavy (non-hydrogen) atoms. The lowest BCUT2D eigenvalue weighted by molar-refractivity contribution is -0.125. The lowest BCUT2D eigenvalue weighted by Gasteiger charge is -2.36. The highest BCUT2D eigenvalue weighted by Gasteiger charge is 2.40. The minimum absolute atomic E-state index is 0.0302. The molecule has 2 aromatic heterocycles. The molecule has 1 atom stereocenters. The molecule has 2 N–H and O–H groups in total. The minimum Gasteiger partial charge on any atom is -0.467 e. The number of nitrogens with two attached hydrogens (primary N) is 1. The van der Waals surface area contributed by atoms with Crippen LogP contribution in [-0.2, 0) is 35.6 Å². The van der Waals surface area contributed by atoms with Crippen molar-refractivity contribution in [1.82, 2.24) is 24.6 Å². The number of carbonyl (C=O) groups is 2. The van der Waals surface area contributed by atoms with Crippen LogP contribution in [0.25, 0.3) is 0 Å². The van der Waals surface area contributed by atoms with Crippen molar-refractivity contribution in [2.24, 2.45) is 11.7 Å². The van der Waals surface area contributed by atoms with Gasteiger partial charge < -0.3 is 25.0 Å². The maximum absolute atomic E-state index is 13.2. The molecule has 2 aromatic rings. The van der Waals surface area contributed by atoms with Crippen molar-refractivity contribution in [2.45, 2.75) is 44.8 Å². The number of nitrogens with zero attached hydrogens (tertiary/aromatic N) is 6. The largest absolute Gasteiger partial charge is 0.467 e. The number of halogens is 4. The topological polar surface area (TPSA) is 129 Å². The predicted octanol–water partition coefficient (Wildman–Crippen LogP) is 2.42. The van der Waals surface area contributed by atoms with Crippen molar-refractivity contribution in [3.8, 4) is 6.01 Å². The van der Waals surface area contributed by atoms with E-state index in [0.29, 0.717) is 42.3 Å². The molecule has 3 aliphatic rings. The number of carbonyl (C=O) groups excluding carboxylic acids is 2. The average Bonchev–Trinajstić information content (AvgIpc) is 3.05. The number of aromatic nitrogens is 4. The van der Waals surface area contributed by atoms with Crippen LogP contribution in [0.5, 0.6) is 6.01 Å². The Morgan fingerprint density at radius 2 is 1.93 bits per heavy atom. The Labute approximate surface area is 232 Å². The van der Waals surface area contributed by atoms with E-state index in [1.165, 1.54) is 12.0 Å². The summed E-state index contributed by atoms with van der Waals surface area (Å²) in [6.45, 7) is 8.36. The van der Waals surface area contributed by atoms with E-state index >= 15 is 0 Å². The van der Waals surface area contributed by atoms with Gasteiger partial charge in [0.2, 0.25) is 5.91 Å². The second kappa shape index (κ2) is 10.4. The van der Waals surface area contributed by atoms with E-state index in [4.69, 9.17) is 26.8 Å². The standard InChI is InChI=1S/C25H27ClF3N7O4/c1-12(13(2)25(27,28)29)18-7-16-15(11-40-18)22(32-24(31-16)39-3)34-5-4-6-36-17(10-34)19(26)20(33-36)23(38)35-8-14(9-35)21(30)37/h14,18H,1-2,4-11H2,3H3,(H2,30,37). The SMILES string of the molecule is C=C(C(=C)C(F)(F)F)C1Cc2nc(OC)nc(N3CCCn4nc(C(=O)N5CC(C(N)=O)C5)c(Cl)c4C3)c2CO1. The van der Waals surface area contributed by atoms with Crippen LogP contribution in [-0.4, -0.2) is 75.5 Å². The van der Waals surface area contributed by atoms with E-state index in [2.05, 4.69) is 28.2 Å². The zero-order valence-electron chi connectivity index (χ0n) is 21.6. The van der Waals surface area contributed by atoms with Gasteiger partial charge in [-0.25, -0.2) is 0 Å². The Bertz CT molecular complexity index is 1400. The molecule has 3 aliphatic heterocycles. The van der Waals surface area contributed by atoms with E-state index in [1.54, 1.807) is 4.68 Å². The number of alkyl halides is 3. The van der Waals surface area contributed by atoms with E-state index in [0.717, 1.165) is 0 Å². The van der Waals surface area contributed by atoms with E-state index in [-0.39, 0.29) is 66.8 Å². The summed E-state index contributed by atoms with van der Waals surface area (Å²) in [4.78, 5) is 36.7. The number of anilines is 1. The predicted molar refractivity (Wildman–Crippen MR) is 137 cm³/mol. The van der Waals surface area contributed by atoms with Crippen molar-refractivity contribution in [3.63, 3.8) is 0 Å². The van der Waals surface area contributed by atoms with E-state index in [1.807, 2.05) is 4.90 Å². The molecule has 0 saturated carbocycles. The Kier molecular flexibility index (Phi) is 7.25. The first kappa shape index (κ1) is 27.9. The fraction of sp³-hybridized carbons (Fsp3) is 0.480. The number of rotatable bonds is 6. The second-order valence-corrected chi connectivity index (χ2v) is 10.3. The van der Waals surface area contributed by atoms with Gasteiger partial charge >= 0.3 is 12.2 Å². The number of hydrogen-bond donors (Lipinski definition) is 1. The highest BCUT2D eigenvalue weighted by molar-refractivity contribution is 6.34. The molecule has 1 unspecified atom stereocenters. The number of aryl methyl sites for hydroxylation is 1. The summed E-state index contributed by atoms with van der Waals surface area (Å²) in [7, 11) is 1.40. The van der Waals surface area contributed by atoms with Crippen LogP contribution >= 0.6 is 11.6 Å². The maximum atomic E-state index is 13.2. The summed E-state index contributed by atoms with van der Waals surface area (Å²) in [6.07, 6.45) is -4.91. The number of fused-ring (bicyclic) bond motifs is 2. The summed E-state index contributed by atoms with van der Waals surface area (Å²) < 4.78 is 52.4. The summed E-state index contributed by atoms with van der Waals surface area (Å²) in [5.74, 6) is -0.731. The summed E-state index contributed by atoms with van der Waals surface area (Å²) >= 11 is 6.67. The Morgan fingerprint density at radius 1 is 1.20 bits per heavy atom. The number of primary amides is 1. The first-order valence-corrected chi connectivity index (χ1v) is 12.9. The Hall–Kier alpha value is -3.65. The van der Waals surface area contributed by atoms with Gasteiger partial charge in [-0.2, -0.15) is 28.2 Å². The number of hydrogen-bond acceptors (Lipinski definition) is 8. The van der Waals surface area contributed by atoms with Gasteiger partial charge in [-0.1, -0.05) is 24.8 Å². The molecule has 15 heteroatoms. The zero-order chi connectivity index (χ0) is 28.9. The van der Waals surface area contributed by atoms with Crippen LogP contribution < -0.4 is 15.4 Å². The Balaban J connectivity index is 1.41. The summed E-state index contributed by atoms with van der Waals surface area (Å²) in [6, 6.07) is 0.0520. The summed E-state index contributed by atoms with van der Waals surface area (Å²) in [5.41, 5.74) is 5.79. The highest BCUT2D eigenvalue weighted by Crippen LogP contribution is 2.37. The Morgan fingerprint density at radius 3 is 2.58 bits per heavy atom. The van der Waals surface area contributed by atoms with Crippen LogP contribution in [0.3, 0.4) is 0 Å². The first-order chi connectivity index (χ1) is 18.9. The fourth-order valence-electron chi connectivity index (χ4n) is 4.96. The lowest BCUT2D eigenvalue weighted by atomic mass is 9.95. The molecule has 0 spiro atoms. The first-order valence-electron chi connectivity index (χ1n) is 12.5. The molecule has 0 bridgehead atoms. The third-order valence-electron chi connectivity index (χ3n) is 7.36. The highest BCUT2D eigenvalue weighted by atomic mass is 35.5. The molecule has 0 radical (unpaired) electrons. The molecular weight excluding hydrogens is 555 g/mol. The van der Waals surface area contributed by atoms with Gasteiger partial charge in [0, 0.05) is 38.2 Å². The molecule has 2 amide bonds. The molecule has 5 rings (SSSR count). The van der Waals surface area contributed by atoms with Gasteiger partial charge in [-0.3, -0.25) is 14.3 Å².